The number of para-hydroxylation sites is 1. The molecule has 0 aliphatic rings. The van der Waals surface area contributed by atoms with E-state index in [-0.39, 0.29) is 11.7 Å². The molecule has 2 heterocycles. The van der Waals surface area contributed by atoms with Crippen molar-refractivity contribution in [1.29, 1.82) is 0 Å². The summed E-state index contributed by atoms with van der Waals surface area (Å²) in [6.07, 6.45) is 1.76. The van der Waals surface area contributed by atoms with E-state index in [0.717, 1.165) is 16.5 Å². The number of aromatic nitrogens is 3. The average Bonchev–Trinajstić information content (AvgIpc) is 3.33. The van der Waals surface area contributed by atoms with Gasteiger partial charge >= 0.3 is 0 Å². The normalized spacial score (nSPS) is 11.0. The second-order valence-corrected chi connectivity index (χ2v) is 8.00. The third-order valence-corrected chi connectivity index (χ3v) is 5.84. The Bertz CT molecular complexity index is 1200. The van der Waals surface area contributed by atoms with Gasteiger partial charge in [-0.2, -0.15) is 0 Å². The van der Waals surface area contributed by atoms with E-state index in [4.69, 9.17) is 16.0 Å². The number of thioether (sulfide) groups is 1. The zero-order chi connectivity index (χ0) is 21.1. The van der Waals surface area contributed by atoms with Gasteiger partial charge in [-0.15, -0.1) is 16.8 Å². The van der Waals surface area contributed by atoms with Crippen molar-refractivity contribution < 1.29 is 9.21 Å². The number of nitrogens with zero attached hydrogens (tertiary/aromatic N) is 3. The molecule has 1 amide bonds. The van der Waals surface area contributed by atoms with E-state index >= 15 is 0 Å². The first-order valence-corrected chi connectivity index (χ1v) is 10.6. The quantitative estimate of drug-likeness (QED) is 0.301. The molecule has 0 spiro atoms. The van der Waals surface area contributed by atoms with Crippen LogP contribution in [-0.4, -0.2) is 26.4 Å². The van der Waals surface area contributed by atoms with Crippen LogP contribution in [0.3, 0.4) is 0 Å². The first kappa shape index (κ1) is 20.3. The highest BCUT2D eigenvalue weighted by molar-refractivity contribution is 7.99. The molecule has 30 heavy (non-hydrogen) atoms. The zero-order valence-electron chi connectivity index (χ0n) is 16.3. The van der Waals surface area contributed by atoms with Gasteiger partial charge in [0.15, 0.2) is 10.9 Å². The number of rotatable bonds is 7. The van der Waals surface area contributed by atoms with Gasteiger partial charge in [-0.1, -0.05) is 53.7 Å². The van der Waals surface area contributed by atoms with Gasteiger partial charge in [0.2, 0.25) is 11.7 Å². The van der Waals surface area contributed by atoms with Crippen LogP contribution < -0.4 is 5.32 Å². The zero-order valence-corrected chi connectivity index (χ0v) is 17.8. The highest BCUT2D eigenvalue weighted by Gasteiger charge is 2.18. The molecule has 0 radical (unpaired) electrons. The van der Waals surface area contributed by atoms with Crippen molar-refractivity contribution in [2.45, 2.75) is 18.6 Å². The first-order valence-electron chi connectivity index (χ1n) is 9.27. The summed E-state index contributed by atoms with van der Waals surface area (Å²) in [5.74, 6) is 1.25. The van der Waals surface area contributed by atoms with Gasteiger partial charge in [-0.05, 0) is 36.8 Å². The molecule has 8 heteroatoms. The van der Waals surface area contributed by atoms with Gasteiger partial charge < -0.3 is 9.73 Å². The molecule has 4 aromatic rings. The molecule has 6 nitrogen and oxygen atoms in total. The van der Waals surface area contributed by atoms with Crippen molar-refractivity contribution in [2.24, 2.45) is 0 Å². The van der Waals surface area contributed by atoms with Crippen LogP contribution in [0.25, 0.3) is 22.6 Å². The Hall–Kier alpha value is -3.03. The highest BCUT2D eigenvalue weighted by atomic mass is 35.5. The Morgan fingerprint density at radius 3 is 2.87 bits per heavy atom. The van der Waals surface area contributed by atoms with Crippen molar-refractivity contribution in [3.8, 4) is 11.6 Å². The van der Waals surface area contributed by atoms with E-state index in [0.29, 0.717) is 34.0 Å². The molecule has 0 bridgehead atoms. The van der Waals surface area contributed by atoms with Gasteiger partial charge in [0, 0.05) is 22.6 Å². The number of carbonyl (C=O) groups excluding carboxylic acids is 1. The second kappa shape index (κ2) is 8.77. The predicted molar refractivity (Wildman–Crippen MR) is 121 cm³/mol. The Morgan fingerprint density at radius 1 is 1.27 bits per heavy atom. The lowest BCUT2D eigenvalue weighted by Crippen LogP contribution is -2.14. The van der Waals surface area contributed by atoms with Crippen molar-refractivity contribution in [3.05, 3.63) is 71.8 Å². The minimum atomic E-state index is -0.154. The highest BCUT2D eigenvalue weighted by Crippen LogP contribution is 2.29. The fourth-order valence-electron chi connectivity index (χ4n) is 2.96. The number of anilines is 1. The van der Waals surface area contributed by atoms with Crippen LogP contribution in [0.15, 0.2) is 70.8 Å². The third-order valence-electron chi connectivity index (χ3n) is 4.46. The van der Waals surface area contributed by atoms with Crippen LogP contribution in [0.5, 0.6) is 0 Å². The van der Waals surface area contributed by atoms with E-state index in [1.54, 1.807) is 12.1 Å². The molecule has 0 unspecified atom stereocenters. The lowest BCUT2D eigenvalue weighted by atomic mass is 10.2. The average molecular weight is 439 g/mol. The summed E-state index contributed by atoms with van der Waals surface area (Å²) in [5.41, 5.74) is 2.40. The Labute approximate surface area is 182 Å². The number of benzene rings is 2. The summed E-state index contributed by atoms with van der Waals surface area (Å²) in [7, 11) is 0. The number of fused-ring (bicyclic) bond motifs is 1. The number of aryl methyl sites for hydroxylation is 1. The topological polar surface area (TPSA) is 73.0 Å². The summed E-state index contributed by atoms with van der Waals surface area (Å²) in [5, 5.41) is 13.6. The first-order chi connectivity index (χ1) is 14.5. The van der Waals surface area contributed by atoms with Crippen LogP contribution in [0, 0.1) is 6.92 Å². The number of furan rings is 1. The monoisotopic (exact) mass is 438 g/mol. The summed E-state index contributed by atoms with van der Waals surface area (Å²) in [6.45, 7) is 6.22. The molecule has 152 valence electrons. The number of allylic oxidation sites excluding steroid dienone is 1. The van der Waals surface area contributed by atoms with Gasteiger partial charge in [0.05, 0.1) is 5.75 Å². The molecule has 0 saturated heterocycles. The lowest BCUT2D eigenvalue weighted by Gasteiger charge is -2.08. The van der Waals surface area contributed by atoms with E-state index in [9.17, 15) is 4.79 Å². The van der Waals surface area contributed by atoms with Gasteiger partial charge in [0.1, 0.15) is 5.58 Å². The Balaban J connectivity index is 1.50. The molecule has 1 N–H and O–H groups in total. The van der Waals surface area contributed by atoms with E-state index in [1.165, 1.54) is 11.8 Å². The third kappa shape index (κ3) is 4.27. The molecule has 0 aliphatic heterocycles. The summed E-state index contributed by atoms with van der Waals surface area (Å²) in [4.78, 5) is 12.4. The van der Waals surface area contributed by atoms with Crippen molar-refractivity contribution in [2.75, 3.05) is 11.1 Å². The summed E-state index contributed by atoms with van der Waals surface area (Å²) in [6, 6.07) is 15.1. The molecule has 0 saturated carbocycles. The molecule has 0 fully saturated rings. The molecule has 0 atom stereocenters. The van der Waals surface area contributed by atoms with Crippen LogP contribution in [0.1, 0.15) is 5.56 Å². The van der Waals surface area contributed by atoms with Crippen LogP contribution >= 0.6 is 23.4 Å². The SMILES string of the molecule is C=CCn1c(SCC(=O)Nc2ccc(C)c(Cl)c2)nnc1-c1cc2ccccc2o1. The Kier molecular flexibility index (Phi) is 5.92. The fourth-order valence-corrected chi connectivity index (χ4v) is 3.89. The van der Waals surface area contributed by atoms with Crippen LogP contribution in [-0.2, 0) is 11.3 Å². The predicted octanol–water partition coefficient (Wildman–Crippen LogP) is 5.57. The molecule has 2 aromatic carbocycles. The van der Waals surface area contributed by atoms with Gasteiger partial charge in [0.25, 0.3) is 0 Å². The minimum Gasteiger partial charge on any atom is -0.453 e. The maximum absolute atomic E-state index is 12.4. The van der Waals surface area contributed by atoms with Crippen molar-refractivity contribution >= 4 is 45.9 Å². The number of nitrogens with one attached hydrogen (secondary N) is 1. The number of hydrogen-bond acceptors (Lipinski definition) is 5. The summed E-state index contributed by atoms with van der Waals surface area (Å²) >= 11 is 7.42. The van der Waals surface area contributed by atoms with Crippen molar-refractivity contribution in [3.63, 3.8) is 0 Å². The maximum atomic E-state index is 12.4. The number of amides is 1. The number of carbonyl (C=O) groups is 1. The maximum Gasteiger partial charge on any atom is 0.234 e. The summed E-state index contributed by atoms with van der Waals surface area (Å²) < 4.78 is 7.80. The smallest absolute Gasteiger partial charge is 0.234 e. The van der Waals surface area contributed by atoms with E-state index < -0.39 is 0 Å². The van der Waals surface area contributed by atoms with Crippen LogP contribution in [0.4, 0.5) is 5.69 Å². The molecule has 2 aromatic heterocycles. The van der Waals surface area contributed by atoms with Gasteiger partial charge in [-0.3, -0.25) is 9.36 Å². The molecular weight excluding hydrogens is 420 g/mol. The fraction of sp³-hybridized carbons (Fsp3) is 0.136. The number of halogens is 1. The Morgan fingerprint density at radius 2 is 2.10 bits per heavy atom. The van der Waals surface area contributed by atoms with Gasteiger partial charge in [-0.25, -0.2) is 0 Å². The lowest BCUT2D eigenvalue weighted by molar-refractivity contribution is -0.113. The standard InChI is InChI=1S/C22H19ClN4O2S/c1-3-10-27-21(19-11-15-6-4-5-7-18(15)29-19)25-26-22(27)30-13-20(28)24-16-9-8-14(2)17(23)12-16/h3-9,11-12H,1,10,13H2,2H3,(H,24,28). The van der Waals surface area contributed by atoms with Crippen LogP contribution in [0.2, 0.25) is 5.02 Å². The molecule has 0 aliphatic carbocycles. The number of hydrogen-bond donors (Lipinski definition) is 1. The largest absolute Gasteiger partial charge is 0.453 e. The molecular formula is C22H19ClN4O2S. The second-order valence-electron chi connectivity index (χ2n) is 6.65. The van der Waals surface area contributed by atoms with E-state index in [1.807, 2.05) is 54.0 Å². The van der Waals surface area contributed by atoms with E-state index in [2.05, 4.69) is 22.1 Å². The minimum absolute atomic E-state index is 0.154. The molecule has 4 rings (SSSR count). The van der Waals surface area contributed by atoms with Crippen molar-refractivity contribution in [1.82, 2.24) is 14.8 Å².